The second kappa shape index (κ2) is 8.15. The van der Waals surface area contributed by atoms with E-state index in [1.54, 1.807) is 57.0 Å². The van der Waals surface area contributed by atoms with E-state index in [-0.39, 0.29) is 17.9 Å². The third-order valence-corrected chi connectivity index (χ3v) is 4.75. The van der Waals surface area contributed by atoms with Crippen LogP contribution in [-0.4, -0.2) is 35.6 Å². The molecule has 0 aliphatic carbocycles. The Hall–Kier alpha value is -3.40. The van der Waals surface area contributed by atoms with Crippen molar-refractivity contribution < 1.29 is 18.7 Å². The van der Waals surface area contributed by atoms with Crippen molar-refractivity contribution in [1.29, 1.82) is 5.26 Å². The number of amides is 2. The molecule has 2 aromatic rings. The third kappa shape index (κ3) is 4.77. The first-order chi connectivity index (χ1) is 14.1. The molecule has 0 aromatic heterocycles. The quantitative estimate of drug-likeness (QED) is 0.826. The highest BCUT2D eigenvalue weighted by molar-refractivity contribution is 5.98. The topological polar surface area (TPSA) is 82.4 Å². The first-order valence-corrected chi connectivity index (χ1v) is 9.63. The van der Waals surface area contributed by atoms with Gasteiger partial charge in [0, 0.05) is 31.1 Å². The summed E-state index contributed by atoms with van der Waals surface area (Å²) in [5.74, 6) is -0.502. The summed E-state index contributed by atoms with van der Waals surface area (Å²) >= 11 is 0. The van der Waals surface area contributed by atoms with Gasteiger partial charge in [0.1, 0.15) is 11.9 Å². The fourth-order valence-electron chi connectivity index (χ4n) is 3.32. The molecule has 3 rings (SSSR count). The number of ether oxygens (including phenoxy) is 1. The monoisotopic (exact) mass is 409 g/mol. The largest absolute Gasteiger partial charge is 0.430 e. The van der Waals surface area contributed by atoms with E-state index in [1.165, 1.54) is 6.07 Å². The Balaban J connectivity index is 1.74. The number of nitrogens with one attached hydrogen (secondary N) is 1. The number of benzene rings is 2. The van der Waals surface area contributed by atoms with Gasteiger partial charge in [-0.05, 0) is 61.2 Å². The van der Waals surface area contributed by atoms with Crippen molar-refractivity contribution in [3.05, 3.63) is 58.9 Å². The number of nitrogens with zero attached hydrogens (tertiary/aromatic N) is 2. The fraction of sp³-hybridized carbons (Fsp3) is 0.348. The highest BCUT2D eigenvalue weighted by Gasteiger charge is 2.25. The van der Waals surface area contributed by atoms with Gasteiger partial charge in [0.15, 0.2) is 6.10 Å². The van der Waals surface area contributed by atoms with E-state index in [0.29, 0.717) is 17.7 Å². The normalized spacial score (nSPS) is 14.1. The Morgan fingerprint density at radius 2 is 1.93 bits per heavy atom. The molecule has 1 aliphatic rings. The Kier molecular flexibility index (Phi) is 5.79. The van der Waals surface area contributed by atoms with Gasteiger partial charge in [-0.25, -0.2) is 9.18 Å². The second-order valence-electron chi connectivity index (χ2n) is 8.44. The molecule has 6 nitrogen and oxygen atoms in total. The van der Waals surface area contributed by atoms with Crippen molar-refractivity contribution in [2.24, 2.45) is 0 Å². The Morgan fingerprint density at radius 1 is 1.27 bits per heavy atom. The fourth-order valence-corrected chi connectivity index (χ4v) is 3.32. The van der Waals surface area contributed by atoms with Crippen LogP contribution >= 0.6 is 0 Å². The number of hydrogen-bond donors (Lipinski definition) is 1. The summed E-state index contributed by atoms with van der Waals surface area (Å²) in [5.41, 5.74) is 2.83. The van der Waals surface area contributed by atoms with E-state index < -0.39 is 23.6 Å². The van der Waals surface area contributed by atoms with E-state index in [9.17, 15) is 19.2 Å². The first kappa shape index (κ1) is 21.3. The number of nitriles is 1. The molecule has 30 heavy (non-hydrogen) atoms. The standard InChI is InChI=1S/C23H24FN3O3/c1-23(2,3)26-22(29)30-18(12-25)10-16-6-5-15(11-20(16)24)14-7-8-19-17(9-14)13-27(4)21(19)28/h5-9,11,18H,10,13H2,1-4H3,(H,26,29)/t18-/m0/s1. The lowest BCUT2D eigenvalue weighted by Gasteiger charge is -2.21. The summed E-state index contributed by atoms with van der Waals surface area (Å²) in [6.45, 7) is 5.91. The molecular formula is C23H24FN3O3. The predicted octanol–water partition coefficient (Wildman–Crippen LogP) is 4.04. The van der Waals surface area contributed by atoms with Crippen molar-refractivity contribution in [2.75, 3.05) is 7.05 Å². The summed E-state index contributed by atoms with van der Waals surface area (Å²) < 4.78 is 19.8. The van der Waals surface area contributed by atoms with Crippen LogP contribution in [0.5, 0.6) is 0 Å². The second-order valence-corrected chi connectivity index (χ2v) is 8.44. The lowest BCUT2D eigenvalue weighted by molar-refractivity contribution is 0.0816. The highest BCUT2D eigenvalue weighted by atomic mass is 19.1. The number of alkyl carbamates (subject to hydrolysis) is 1. The zero-order chi connectivity index (χ0) is 22.1. The summed E-state index contributed by atoms with van der Waals surface area (Å²) in [6.07, 6.45) is -1.87. The van der Waals surface area contributed by atoms with Gasteiger partial charge >= 0.3 is 6.09 Å². The van der Waals surface area contributed by atoms with Crippen LogP contribution in [0.15, 0.2) is 36.4 Å². The third-order valence-electron chi connectivity index (χ3n) is 4.75. The summed E-state index contributed by atoms with van der Waals surface area (Å²) in [6, 6.07) is 12.1. The van der Waals surface area contributed by atoms with Crippen LogP contribution in [0.1, 0.15) is 42.3 Å². The van der Waals surface area contributed by atoms with Gasteiger partial charge in [-0.1, -0.05) is 18.2 Å². The van der Waals surface area contributed by atoms with Crippen molar-refractivity contribution in [3.8, 4) is 17.2 Å². The van der Waals surface area contributed by atoms with Gasteiger partial charge < -0.3 is 15.0 Å². The smallest absolute Gasteiger partial charge is 0.408 e. The van der Waals surface area contributed by atoms with Gasteiger partial charge in [-0.2, -0.15) is 5.26 Å². The molecule has 1 N–H and O–H groups in total. The van der Waals surface area contributed by atoms with Crippen LogP contribution in [0.3, 0.4) is 0 Å². The molecule has 0 bridgehead atoms. The highest BCUT2D eigenvalue weighted by Crippen LogP contribution is 2.29. The molecule has 0 radical (unpaired) electrons. The predicted molar refractivity (Wildman–Crippen MR) is 110 cm³/mol. The average Bonchev–Trinajstić information content (AvgIpc) is 2.94. The summed E-state index contributed by atoms with van der Waals surface area (Å²) in [7, 11) is 1.74. The van der Waals surface area contributed by atoms with Crippen molar-refractivity contribution >= 4 is 12.0 Å². The van der Waals surface area contributed by atoms with Gasteiger partial charge in [0.2, 0.25) is 0 Å². The minimum Gasteiger partial charge on any atom is -0.430 e. The maximum Gasteiger partial charge on any atom is 0.408 e. The van der Waals surface area contributed by atoms with Crippen molar-refractivity contribution in [2.45, 2.75) is 45.4 Å². The van der Waals surface area contributed by atoms with Crippen LogP contribution in [0, 0.1) is 17.1 Å². The lowest BCUT2D eigenvalue weighted by Crippen LogP contribution is -2.42. The van der Waals surface area contributed by atoms with Crippen LogP contribution in [0.4, 0.5) is 9.18 Å². The van der Waals surface area contributed by atoms with Crippen LogP contribution in [0.2, 0.25) is 0 Å². The van der Waals surface area contributed by atoms with E-state index in [2.05, 4.69) is 5.32 Å². The number of carbonyl (C=O) groups excluding carboxylic acids is 2. The molecule has 7 heteroatoms. The lowest BCUT2D eigenvalue weighted by atomic mass is 9.98. The maximum atomic E-state index is 14.7. The molecule has 0 unspecified atom stereocenters. The van der Waals surface area contributed by atoms with E-state index >= 15 is 0 Å². The van der Waals surface area contributed by atoms with Crippen LogP contribution in [-0.2, 0) is 17.7 Å². The number of hydrogen-bond acceptors (Lipinski definition) is 4. The zero-order valence-corrected chi connectivity index (χ0v) is 17.5. The Bertz CT molecular complexity index is 1040. The molecule has 2 aromatic carbocycles. The Morgan fingerprint density at radius 3 is 2.57 bits per heavy atom. The van der Waals surface area contributed by atoms with Crippen LogP contribution in [0.25, 0.3) is 11.1 Å². The van der Waals surface area contributed by atoms with Crippen molar-refractivity contribution in [3.63, 3.8) is 0 Å². The SMILES string of the molecule is CN1Cc2cc(-c3ccc(C[C@@H](C#N)OC(=O)NC(C)(C)C)c(F)c3)ccc2C1=O. The minimum atomic E-state index is -1.10. The van der Waals surface area contributed by atoms with Gasteiger partial charge in [-0.3, -0.25) is 4.79 Å². The number of fused-ring (bicyclic) bond motifs is 1. The molecule has 2 amide bonds. The molecule has 1 atom stereocenters. The van der Waals surface area contributed by atoms with Crippen LogP contribution < -0.4 is 5.32 Å². The number of rotatable bonds is 4. The molecule has 1 heterocycles. The average molecular weight is 409 g/mol. The molecule has 0 saturated heterocycles. The molecule has 0 saturated carbocycles. The molecule has 156 valence electrons. The Labute approximate surface area is 175 Å². The maximum absolute atomic E-state index is 14.7. The van der Waals surface area contributed by atoms with Gasteiger partial charge in [0.05, 0.1) is 0 Å². The molecule has 0 spiro atoms. The molecular weight excluding hydrogens is 385 g/mol. The first-order valence-electron chi connectivity index (χ1n) is 9.63. The van der Waals surface area contributed by atoms with E-state index in [4.69, 9.17) is 4.74 Å². The van der Waals surface area contributed by atoms with E-state index in [1.807, 2.05) is 12.1 Å². The van der Waals surface area contributed by atoms with Crippen molar-refractivity contribution in [1.82, 2.24) is 10.2 Å². The summed E-state index contributed by atoms with van der Waals surface area (Å²) in [4.78, 5) is 25.5. The van der Waals surface area contributed by atoms with E-state index in [0.717, 1.165) is 11.1 Å². The molecule has 0 fully saturated rings. The number of halogens is 1. The molecule has 1 aliphatic heterocycles. The van der Waals surface area contributed by atoms with Gasteiger partial charge in [-0.15, -0.1) is 0 Å². The summed E-state index contributed by atoms with van der Waals surface area (Å²) in [5, 5.41) is 11.9. The van der Waals surface area contributed by atoms with Gasteiger partial charge in [0.25, 0.3) is 5.91 Å². The minimum absolute atomic E-state index is 0.0175. The number of carbonyl (C=O) groups is 2. The zero-order valence-electron chi connectivity index (χ0n) is 17.5.